The van der Waals surface area contributed by atoms with Gasteiger partial charge in [-0.05, 0) is 42.7 Å². The first-order valence-electron chi connectivity index (χ1n) is 12.3. The standard InChI is InChI=1S/C27H34O7/c1-25(2)19(12-20(28)32-5)27(4)17-6-8-26(3)18(15(17)10-16(22(25)30)23(27)31)11-21(29)34-24(26)14-7-9-33-13-14/h7,9,14,16-17,19,24H,6,8,10-13H2,1-5H3. The van der Waals surface area contributed by atoms with Crippen LogP contribution >= 0.6 is 0 Å². The first kappa shape index (κ1) is 23.3. The van der Waals surface area contributed by atoms with Gasteiger partial charge in [0, 0.05) is 16.2 Å². The van der Waals surface area contributed by atoms with Crippen LogP contribution in [0.4, 0.5) is 0 Å². The maximum atomic E-state index is 13.8. The Morgan fingerprint density at radius 2 is 1.88 bits per heavy atom. The second-order valence-corrected chi connectivity index (χ2v) is 11.7. The van der Waals surface area contributed by atoms with Crippen molar-refractivity contribution in [2.45, 2.75) is 65.9 Å². The number of hydrogen-bond acceptors (Lipinski definition) is 7. The second kappa shape index (κ2) is 7.53. The summed E-state index contributed by atoms with van der Waals surface area (Å²) in [5.41, 5.74) is 0.0517. The quantitative estimate of drug-likeness (QED) is 0.353. The van der Waals surface area contributed by atoms with E-state index in [1.165, 1.54) is 7.11 Å². The molecule has 0 N–H and O–H groups in total. The van der Waals surface area contributed by atoms with Gasteiger partial charge in [0.2, 0.25) is 0 Å². The van der Waals surface area contributed by atoms with Crippen molar-refractivity contribution in [3.8, 4) is 0 Å². The van der Waals surface area contributed by atoms with Crippen LogP contribution in [-0.2, 0) is 33.4 Å². The van der Waals surface area contributed by atoms with Gasteiger partial charge in [0.05, 0.1) is 44.7 Å². The van der Waals surface area contributed by atoms with Crippen LogP contribution in [0.1, 0.15) is 59.8 Å². The fourth-order valence-electron chi connectivity index (χ4n) is 8.06. The molecule has 7 unspecified atom stereocenters. The third kappa shape index (κ3) is 2.94. The molecular formula is C27H34O7. The van der Waals surface area contributed by atoms with Gasteiger partial charge in [0.25, 0.3) is 0 Å². The van der Waals surface area contributed by atoms with Crippen molar-refractivity contribution in [2.24, 2.45) is 39.9 Å². The first-order valence-corrected chi connectivity index (χ1v) is 12.3. The minimum atomic E-state index is -0.870. The van der Waals surface area contributed by atoms with Gasteiger partial charge in [-0.25, -0.2) is 0 Å². The van der Waals surface area contributed by atoms with Crippen molar-refractivity contribution < 1.29 is 33.4 Å². The van der Waals surface area contributed by atoms with Crippen LogP contribution in [-0.4, -0.2) is 43.3 Å². The topological polar surface area (TPSA) is 96.0 Å². The molecule has 0 aromatic heterocycles. The molecule has 34 heavy (non-hydrogen) atoms. The van der Waals surface area contributed by atoms with Crippen LogP contribution in [0.2, 0.25) is 0 Å². The fraction of sp³-hybridized carbons (Fsp3) is 0.704. The van der Waals surface area contributed by atoms with Crippen LogP contribution in [0.3, 0.4) is 0 Å². The van der Waals surface area contributed by atoms with Gasteiger partial charge >= 0.3 is 11.9 Å². The maximum absolute atomic E-state index is 13.8. The van der Waals surface area contributed by atoms with Crippen LogP contribution in [0.5, 0.6) is 0 Å². The molecule has 2 heterocycles. The zero-order valence-corrected chi connectivity index (χ0v) is 20.6. The van der Waals surface area contributed by atoms with E-state index in [0.717, 1.165) is 24.0 Å². The van der Waals surface area contributed by atoms with Crippen LogP contribution < -0.4 is 0 Å². The number of carbonyl (C=O) groups is 4. The van der Waals surface area contributed by atoms with E-state index in [9.17, 15) is 19.2 Å². The third-order valence-corrected chi connectivity index (χ3v) is 9.90. The predicted molar refractivity (Wildman–Crippen MR) is 121 cm³/mol. The van der Waals surface area contributed by atoms with E-state index in [1.54, 1.807) is 6.26 Å². The summed E-state index contributed by atoms with van der Waals surface area (Å²) in [5.74, 6) is -2.16. The van der Waals surface area contributed by atoms with Crippen LogP contribution in [0.15, 0.2) is 23.5 Å². The number of allylic oxidation sites excluding steroid dienone is 1. The molecule has 5 rings (SSSR count). The van der Waals surface area contributed by atoms with E-state index in [-0.39, 0.29) is 53.7 Å². The zero-order valence-electron chi connectivity index (χ0n) is 20.6. The van der Waals surface area contributed by atoms with Gasteiger partial charge in [-0.3, -0.25) is 19.2 Å². The minimum Gasteiger partial charge on any atom is -0.501 e. The summed E-state index contributed by atoms with van der Waals surface area (Å²) >= 11 is 0. The lowest BCUT2D eigenvalue weighted by molar-refractivity contribution is -0.173. The molecule has 184 valence electrons. The average Bonchev–Trinajstić information content (AvgIpc) is 3.32. The van der Waals surface area contributed by atoms with Gasteiger partial charge in [0.15, 0.2) is 0 Å². The Morgan fingerprint density at radius 1 is 1.15 bits per heavy atom. The molecule has 2 bridgehead atoms. The molecule has 0 radical (unpaired) electrons. The van der Waals surface area contributed by atoms with Gasteiger partial charge in [-0.1, -0.05) is 33.3 Å². The largest absolute Gasteiger partial charge is 0.501 e. The number of cyclic esters (lactones) is 1. The Bertz CT molecular complexity index is 1040. The third-order valence-electron chi connectivity index (χ3n) is 9.90. The smallest absolute Gasteiger partial charge is 0.310 e. The highest BCUT2D eigenvalue weighted by Crippen LogP contribution is 2.66. The number of esters is 2. The van der Waals surface area contributed by atoms with Gasteiger partial charge in [-0.15, -0.1) is 0 Å². The van der Waals surface area contributed by atoms with E-state index in [2.05, 4.69) is 6.92 Å². The lowest BCUT2D eigenvalue weighted by atomic mass is 9.41. The van der Waals surface area contributed by atoms with E-state index >= 15 is 0 Å². The number of ketones is 2. The molecule has 2 saturated carbocycles. The molecular weight excluding hydrogens is 436 g/mol. The molecule has 7 atom stereocenters. The molecule has 7 nitrogen and oxygen atoms in total. The molecule has 0 spiro atoms. The lowest BCUT2D eigenvalue weighted by Crippen LogP contribution is -2.65. The van der Waals surface area contributed by atoms with Crippen molar-refractivity contribution in [3.63, 3.8) is 0 Å². The summed E-state index contributed by atoms with van der Waals surface area (Å²) in [6.07, 6.45) is 5.39. The number of rotatable bonds is 3. The molecule has 7 heteroatoms. The molecule has 1 saturated heterocycles. The van der Waals surface area contributed by atoms with E-state index in [0.29, 0.717) is 13.0 Å². The lowest BCUT2D eigenvalue weighted by Gasteiger charge is -2.61. The Balaban J connectivity index is 1.65. The average molecular weight is 471 g/mol. The summed E-state index contributed by atoms with van der Waals surface area (Å²) in [5, 5.41) is 0. The molecule has 0 amide bonds. The Kier molecular flexibility index (Phi) is 5.16. The van der Waals surface area contributed by atoms with Gasteiger partial charge in [0.1, 0.15) is 17.7 Å². The molecule has 3 fully saturated rings. The molecule has 2 aliphatic heterocycles. The molecule has 0 aromatic rings. The molecule has 5 aliphatic rings. The molecule has 0 aromatic carbocycles. The van der Waals surface area contributed by atoms with Crippen LogP contribution in [0.25, 0.3) is 0 Å². The Morgan fingerprint density at radius 3 is 2.53 bits per heavy atom. The van der Waals surface area contributed by atoms with Gasteiger partial charge in [-0.2, -0.15) is 0 Å². The second-order valence-electron chi connectivity index (χ2n) is 11.7. The van der Waals surface area contributed by atoms with Crippen molar-refractivity contribution in [1.82, 2.24) is 0 Å². The number of fused-ring (bicyclic) bond motifs is 5. The maximum Gasteiger partial charge on any atom is 0.310 e. The summed E-state index contributed by atoms with van der Waals surface area (Å²) in [4.78, 5) is 52.7. The van der Waals surface area contributed by atoms with E-state index in [1.807, 2.05) is 26.8 Å². The zero-order chi connectivity index (χ0) is 24.6. The molecule has 3 aliphatic carbocycles. The Labute approximate surface area is 200 Å². The monoisotopic (exact) mass is 470 g/mol. The highest BCUT2D eigenvalue weighted by Gasteiger charge is 2.67. The van der Waals surface area contributed by atoms with Crippen molar-refractivity contribution in [1.29, 1.82) is 0 Å². The van der Waals surface area contributed by atoms with Crippen LogP contribution in [0, 0.1) is 39.9 Å². The van der Waals surface area contributed by atoms with Crippen molar-refractivity contribution >= 4 is 23.5 Å². The fourth-order valence-corrected chi connectivity index (χ4v) is 8.06. The minimum absolute atomic E-state index is 0.0191. The summed E-state index contributed by atoms with van der Waals surface area (Å²) < 4.78 is 16.3. The van der Waals surface area contributed by atoms with Crippen molar-refractivity contribution in [3.05, 3.63) is 23.5 Å². The number of hydrogen-bond donors (Lipinski definition) is 0. The number of Topliss-reactive ketones (excluding diaryl/α,β-unsaturated/α-hetero) is 2. The highest BCUT2D eigenvalue weighted by molar-refractivity contribution is 6.11. The summed E-state index contributed by atoms with van der Waals surface area (Å²) in [6.45, 7) is 8.31. The van der Waals surface area contributed by atoms with E-state index < -0.39 is 28.6 Å². The first-order chi connectivity index (χ1) is 16.0. The summed E-state index contributed by atoms with van der Waals surface area (Å²) in [6, 6.07) is 0. The normalized spacial score (nSPS) is 42.5. The Hall–Kier alpha value is -2.44. The van der Waals surface area contributed by atoms with E-state index in [4.69, 9.17) is 14.2 Å². The highest BCUT2D eigenvalue weighted by atomic mass is 16.6. The predicted octanol–water partition coefficient (Wildman–Crippen LogP) is 3.56. The van der Waals surface area contributed by atoms with Gasteiger partial charge < -0.3 is 14.2 Å². The van der Waals surface area contributed by atoms with Crippen molar-refractivity contribution in [2.75, 3.05) is 13.7 Å². The number of ether oxygens (including phenoxy) is 3. The number of methoxy groups -OCH3 is 1. The number of carbonyl (C=O) groups excluding carboxylic acids is 4. The summed E-state index contributed by atoms with van der Waals surface area (Å²) in [7, 11) is 1.34. The SMILES string of the molecule is COC(=O)CC1C(C)(C)C(=O)C2CC3=C4CC(=O)OC(C5C=COC5)C4(C)CCC3C1(C)C2=O.